The van der Waals surface area contributed by atoms with E-state index in [1.165, 1.54) is 10.9 Å². The van der Waals surface area contributed by atoms with Crippen LogP contribution in [0.25, 0.3) is 10.9 Å². The van der Waals surface area contributed by atoms with Gasteiger partial charge in [0.15, 0.2) is 0 Å². The second kappa shape index (κ2) is 3.75. The van der Waals surface area contributed by atoms with E-state index in [-0.39, 0.29) is 6.03 Å². The number of carbonyl (C=O) groups excluding carboxylic acids is 1. The zero-order valence-electron chi connectivity index (χ0n) is 8.79. The first-order chi connectivity index (χ1) is 8.33. The van der Waals surface area contributed by atoms with Crippen molar-refractivity contribution in [3.05, 3.63) is 43.1 Å². The topological polar surface area (TPSA) is 75.6 Å². The number of nitrogens with zero attached hydrogens (tertiary/aromatic N) is 3. The Balaban J connectivity index is 1.87. The molecule has 0 fully saturated rings. The Morgan fingerprint density at radius 1 is 1.41 bits per heavy atom. The van der Waals surface area contributed by atoms with Gasteiger partial charge in [-0.15, -0.1) is 0 Å². The lowest BCUT2D eigenvalue weighted by Crippen LogP contribution is -2.17. The molecule has 0 aliphatic rings. The summed E-state index contributed by atoms with van der Waals surface area (Å²) in [5.74, 6) is 0. The summed E-state index contributed by atoms with van der Waals surface area (Å²) in [6.45, 7) is 0. The van der Waals surface area contributed by atoms with Crippen LogP contribution in [-0.2, 0) is 0 Å². The summed E-state index contributed by atoms with van der Waals surface area (Å²) >= 11 is 0. The Kier molecular flexibility index (Phi) is 2.11. The second-order valence-electron chi connectivity index (χ2n) is 3.57. The van der Waals surface area contributed by atoms with Crippen molar-refractivity contribution in [1.29, 1.82) is 0 Å². The quantitative estimate of drug-likeness (QED) is 0.666. The van der Waals surface area contributed by atoms with Gasteiger partial charge in [0.05, 0.1) is 11.7 Å². The maximum Gasteiger partial charge on any atom is 0.331 e. The summed E-state index contributed by atoms with van der Waals surface area (Å²) in [5, 5.41) is 10.5. The van der Waals surface area contributed by atoms with Crippen molar-refractivity contribution >= 4 is 22.6 Å². The molecule has 3 rings (SSSR count). The number of hydrogen-bond donors (Lipinski definition) is 2. The number of fused-ring (bicyclic) bond motifs is 1. The minimum absolute atomic E-state index is 0.245. The maximum absolute atomic E-state index is 11.7. The van der Waals surface area contributed by atoms with E-state index >= 15 is 0 Å². The normalized spacial score (nSPS) is 10.6. The fourth-order valence-corrected chi connectivity index (χ4v) is 1.59. The molecule has 0 saturated heterocycles. The first kappa shape index (κ1) is 9.59. The molecule has 0 radical (unpaired) electrons. The SMILES string of the molecule is O=C(Nc1ccc2[nH]ncc2c1)n1ccnc1. The lowest BCUT2D eigenvalue weighted by molar-refractivity contribution is 0.253. The largest absolute Gasteiger partial charge is 0.331 e. The molecule has 2 N–H and O–H groups in total. The summed E-state index contributed by atoms with van der Waals surface area (Å²) in [5.41, 5.74) is 1.66. The Bertz CT molecular complexity index is 655. The molecule has 0 aliphatic carbocycles. The average Bonchev–Trinajstić information content (AvgIpc) is 2.99. The van der Waals surface area contributed by atoms with E-state index in [1.807, 2.05) is 18.2 Å². The van der Waals surface area contributed by atoms with Crippen LogP contribution in [0.5, 0.6) is 0 Å². The van der Waals surface area contributed by atoms with Crippen LogP contribution >= 0.6 is 0 Å². The predicted molar refractivity (Wildman–Crippen MR) is 62.7 cm³/mol. The number of aromatic amines is 1. The molecular weight excluding hydrogens is 218 g/mol. The van der Waals surface area contributed by atoms with Crippen molar-refractivity contribution in [1.82, 2.24) is 19.7 Å². The highest BCUT2D eigenvalue weighted by Gasteiger charge is 2.04. The van der Waals surface area contributed by atoms with Gasteiger partial charge in [-0.25, -0.2) is 9.78 Å². The fraction of sp³-hybridized carbons (Fsp3) is 0. The number of rotatable bonds is 1. The Morgan fingerprint density at radius 2 is 2.35 bits per heavy atom. The Hall–Kier alpha value is -2.63. The van der Waals surface area contributed by atoms with Crippen LogP contribution in [0.4, 0.5) is 10.5 Å². The van der Waals surface area contributed by atoms with Gasteiger partial charge < -0.3 is 5.32 Å². The maximum atomic E-state index is 11.7. The summed E-state index contributed by atoms with van der Waals surface area (Å²) in [6.07, 6.45) is 6.30. The van der Waals surface area contributed by atoms with Crippen LogP contribution in [0.1, 0.15) is 0 Å². The van der Waals surface area contributed by atoms with Crippen LogP contribution < -0.4 is 5.32 Å². The number of imidazole rings is 1. The molecule has 2 heterocycles. The van der Waals surface area contributed by atoms with Gasteiger partial charge in [-0.2, -0.15) is 5.10 Å². The van der Waals surface area contributed by atoms with Crippen molar-refractivity contribution < 1.29 is 4.79 Å². The molecule has 6 nitrogen and oxygen atoms in total. The minimum atomic E-state index is -0.245. The molecule has 6 heteroatoms. The van der Waals surface area contributed by atoms with E-state index < -0.39 is 0 Å². The van der Waals surface area contributed by atoms with Crippen molar-refractivity contribution in [3.63, 3.8) is 0 Å². The minimum Gasteiger partial charge on any atom is -0.307 e. The smallest absolute Gasteiger partial charge is 0.307 e. The lowest BCUT2D eigenvalue weighted by atomic mass is 10.2. The van der Waals surface area contributed by atoms with Gasteiger partial charge in [0.2, 0.25) is 0 Å². The zero-order chi connectivity index (χ0) is 11.7. The summed E-state index contributed by atoms with van der Waals surface area (Å²) in [7, 11) is 0. The van der Waals surface area contributed by atoms with Crippen LogP contribution in [0, 0.1) is 0 Å². The first-order valence-electron chi connectivity index (χ1n) is 5.05. The molecule has 1 amide bonds. The molecule has 17 heavy (non-hydrogen) atoms. The summed E-state index contributed by atoms with van der Waals surface area (Å²) < 4.78 is 1.37. The summed E-state index contributed by atoms with van der Waals surface area (Å²) in [6, 6.07) is 5.29. The Morgan fingerprint density at radius 3 is 3.18 bits per heavy atom. The molecule has 84 valence electrons. The van der Waals surface area contributed by atoms with Gasteiger partial charge in [-0.1, -0.05) is 0 Å². The van der Waals surface area contributed by atoms with Gasteiger partial charge in [0.1, 0.15) is 6.33 Å². The number of H-pyrrole nitrogens is 1. The standard InChI is InChI=1S/C11H9N5O/c17-11(16-4-3-12-7-16)14-9-1-2-10-8(5-9)6-13-15-10/h1-7H,(H,13,15)(H,14,17). The lowest BCUT2D eigenvalue weighted by Gasteiger charge is -2.04. The van der Waals surface area contributed by atoms with Gasteiger partial charge in [-0.3, -0.25) is 9.67 Å². The highest BCUT2D eigenvalue weighted by molar-refractivity contribution is 5.93. The number of carbonyl (C=O) groups is 1. The molecule has 0 unspecified atom stereocenters. The van der Waals surface area contributed by atoms with Crippen molar-refractivity contribution in [3.8, 4) is 0 Å². The van der Waals surface area contributed by atoms with Crippen LogP contribution in [0.2, 0.25) is 0 Å². The average molecular weight is 227 g/mol. The molecule has 0 saturated carbocycles. The predicted octanol–water partition coefficient (Wildman–Crippen LogP) is 1.84. The number of amides is 1. The monoisotopic (exact) mass is 227 g/mol. The molecule has 0 spiro atoms. The van der Waals surface area contributed by atoms with E-state index in [4.69, 9.17) is 0 Å². The van der Waals surface area contributed by atoms with Crippen LogP contribution in [0.15, 0.2) is 43.1 Å². The Labute approximate surface area is 96.3 Å². The molecule has 2 aromatic heterocycles. The third-order valence-electron chi connectivity index (χ3n) is 2.43. The van der Waals surface area contributed by atoms with Gasteiger partial charge in [-0.05, 0) is 18.2 Å². The zero-order valence-corrected chi connectivity index (χ0v) is 8.79. The van der Waals surface area contributed by atoms with Crippen LogP contribution in [-0.4, -0.2) is 25.8 Å². The molecule has 0 atom stereocenters. The molecule has 3 aromatic rings. The van der Waals surface area contributed by atoms with Crippen molar-refractivity contribution in [2.24, 2.45) is 0 Å². The number of hydrogen-bond acceptors (Lipinski definition) is 3. The van der Waals surface area contributed by atoms with E-state index in [2.05, 4.69) is 20.5 Å². The summed E-state index contributed by atoms with van der Waals surface area (Å²) in [4.78, 5) is 15.6. The highest BCUT2D eigenvalue weighted by Crippen LogP contribution is 2.16. The number of nitrogens with one attached hydrogen (secondary N) is 2. The number of anilines is 1. The van der Waals surface area contributed by atoms with Crippen LogP contribution in [0.3, 0.4) is 0 Å². The van der Waals surface area contributed by atoms with Crippen molar-refractivity contribution in [2.45, 2.75) is 0 Å². The van der Waals surface area contributed by atoms with Gasteiger partial charge in [0.25, 0.3) is 0 Å². The highest BCUT2D eigenvalue weighted by atomic mass is 16.2. The number of benzene rings is 1. The van der Waals surface area contributed by atoms with E-state index in [0.29, 0.717) is 0 Å². The van der Waals surface area contributed by atoms with Gasteiger partial charge >= 0.3 is 6.03 Å². The third kappa shape index (κ3) is 1.76. The second-order valence-corrected chi connectivity index (χ2v) is 3.57. The molecule has 0 aliphatic heterocycles. The fourth-order valence-electron chi connectivity index (χ4n) is 1.59. The van der Waals surface area contributed by atoms with E-state index in [0.717, 1.165) is 16.6 Å². The molecule has 0 bridgehead atoms. The first-order valence-corrected chi connectivity index (χ1v) is 5.05. The third-order valence-corrected chi connectivity index (χ3v) is 2.43. The molecule has 1 aromatic carbocycles. The van der Waals surface area contributed by atoms with E-state index in [1.54, 1.807) is 18.6 Å². The van der Waals surface area contributed by atoms with E-state index in [9.17, 15) is 4.79 Å². The number of aromatic nitrogens is 4. The van der Waals surface area contributed by atoms with Crippen molar-refractivity contribution in [2.75, 3.05) is 5.32 Å². The van der Waals surface area contributed by atoms with Gasteiger partial charge in [0, 0.05) is 23.5 Å². The molecular formula is C11H9N5O.